The third-order valence-electron chi connectivity index (χ3n) is 1.88. The molecule has 0 saturated carbocycles. The van der Waals surface area contributed by atoms with Crippen LogP contribution in [-0.2, 0) is 4.79 Å². The standard InChI is InChI=1S/C10H12N2O2/c1-7-3-4-8(2)9(5-7)10(14)12-11-6-13/h3-6H,1-2H3,(H,11,13)(H,12,14). The number of nitrogens with one attached hydrogen (secondary N) is 2. The Labute approximate surface area is 82.3 Å². The molecule has 0 saturated heterocycles. The molecule has 2 amide bonds. The highest BCUT2D eigenvalue weighted by Crippen LogP contribution is 2.09. The highest BCUT2D eigenvalue weighted by Gasteiger charge is 2.07. The zero-order valence-corrected chi connectivity index (χ0v) is 8.13. The average molecular weight is 192 g/mol. The maximum atomic E-state index is 11.4. The number of carbonyl (C=O) groups is 2. The van der Waals surface area contributed by atoms with Crippen molar-refractivity contribution in [1.82, 2.24) is 10.9 Å². The minimum absolute atomic E-state index is 0.307. The van der Waals surface area contributed by atoms with Gasteiger partial charge in [-0.2, -0.15) is 0 Å². The van der Waals surface area contributed by atoms with E-state index in [4.69, 9.17) is 0 Å². The predicted octanol–water partition coefficient (Wildman–Crippen LogP) is 0.694. The summed E-state index contributed by atoms with van der Waals surface area (Å²) in [6.07, 6.45) is 0.420. The van der Waals surface area contributed by atoms with Gasteiger partial charge in [0.05, 0.1) is 0 Å². The van der Waals surface area contributed by atoms with E-state index in [0.717, 1.165) is 11.1 Å². The fraction of sp³-hybridized carbons (Fsp3) is 0.200. The van der Waals surface area contributed by atoms with E-state index in [2.05, 4.69) is 10.9 Å². The Kier molecular flexibility index (Phi) is 3.23. The first-order valence-corrected chi connectivity index (χ1v) is 4.22. The fourth-order valence-electron chi connectivity index (χ4n) is 1.14. The largest absolute Gasteiger partial charge is 0.277 e. The SMILES string of the molecule is Cc1ccc(C)c(C(=O)NNC=O)c1. The first-order chi connectivity index (χ1) is 6.65. The van der Waals surface area contributed by atoms with Crippen LogP contribution >= 0.6 is 0 Å². The van der Waals surface area contributed by atoms with E-state index in [-0.39, 0.29) is 5.91 Å². The van der Waals surface area contributed by atoms with Crippen LogP contribution in [0.25, 0.3) is 0 Å². The number of hydrogen-bond acceptors (Lipinski definition) is 2. The van der Waals surface area contributed by atoms with Gasteiger partial charge in [-0.25, -0.2) is 0 Å². The lowest BCUT2D eigenvalue weighted by atomic mass is 10.1. The molecule has 0 unspecified atom stereocenters. The molecular formula is C10H12N2O2. The highest BCUT2D eigenvalue weighted by molar-refractivity contribution is 5.95. The molecule has 1 aromatic carbocycles. The molecule has 2 N–H and O–H groups in total. The minimum Gasteiger partial charge on any atom is -0.277 e. The van der Waals surface area contributed by atoms with Crippen LogP contribution in [0.4, 0.5) is 0 Å². The molecule has 0 aliphatic rings. The van der Waals surface area contributed by atoms with Crippen LogP contribution in [0.5, 0.6) is 0 Å². The fourth-order valence-corrected chi connectivity index (χ4v) is 1.14. The topological polar surface area (TPSA) is 58.2 Å². The number of carbonyl (C=O) groups excluding carboxylic acids is 2. The number of hydrogen-bond donors (Lipinski definition) is 2. The lowest BCUT2D eigenvalue weighted by molar-refractivity contribution is -0.110. The van der Waals surface area contributed by atoms with E-state index in [1.165, 1.54) is 0 Å². The summed E-state index contributed by atoms with van der Waals surface area (Å²) >= 11 is 0. The highest BCUT2D eigenvalue weighted by atomic mass is 16.2. The summed E-state index contributed by atoms with van der Waals surface area (Å²) in [6, 6.07) is 5.57. The third kappa shape index (κ3) is 2.32. The molecule has 14 heavy (non-hydrogen) atoms. The zero-order chi connectivity index (χ0) is 10.6. The summed E-state index contributed by atoms with van der Waals surface area (Å²) in [5.74, 6) is -0.307. The summed E-state index contributed by atoms with van der Waals surface area (Å²) in [5.41, 5.74) is 6.82. The van der Waals surface area contributed by atoms with E-state index in [0.29, 0.717) is 12.0 Å². The molecule has 0 spiro atoms. The van der Waals surface area contributed by atoms with Crippen LogP contribution in [-0.4, -0.2) is 12.3 Å². The van der Waals surface area contributed by atoms with Crippen molar-refractivity contribution in [2.75, 3.05) is 0 Å². The second kappa shape index (κ2) is 4.41. The van der Waals surface area contributed by atoms with Gasteiger partial charge >= 0.3 is 0 Å². The minimum atomic E-state index is -0.307. The van der Waals surface area contributed by atoms with Gasteiger partial charge in [0.2, 0.25) is 6.41 Å². The maximum absolute atomic E-state index is 11.4. The Hall–Kier alpha value is -1.84. The third-order valence-corrected chi connectivity index (χ3v) is 1.88. The van der Waals surface area contributed by atoms with Crippen molar-refractivity contribution in [2.24, 2.45) is 0 Å². The van der Waals surface area contributed by atoms with E-state index >= 15 is 0 Å². The molecule has 1 rings (SSSR count). The normalized spacial score (nSPS) is 9.29. The molecule has 0 aromatic heterocycles. The second-order valence-corrected chi connectivity index (χ2v) is 3.03. The van der Waals surface area contributed by atoms with Crippen LogP contribution in [0.1, 0.15) is 21.5 Å². The molecule has 74 valence electrons. The molecule has 0 bridgehead atoms. The van der Waals surface area contributed by atoms with Gasteiger partial charge < -0.3 is 0 Å². The number of amides is 2. The summed E-state index contributed by atoms with van der Waals surface area (Å²) in [5, 5.41) is 0. The van der Waals surface area contributed by atoms with Gasteiger partial charge in [-0.3, -0.25) is 20.4 Å². The summed E-state index contributed by atoms with van der Waals surface area (Å²) < 4.78 is 0. The van der Waals surface area contributed by atoms with E-state index in [1.54, 1.807) is 6.07 Å². The van der Waals surface area contributed by atoms with Crippen molar-refractivity contribution in [3.05, 3.63) is 34.9 Å². The monoisotopic (exact) mass is 192 g/mol. The van der Waals surface area contributed by atoms with Gasteiger partial charge in [-0.05, 0) is 25.5 Å². The smallest absolute Gasteiger partial charge is 0.269 e. The van der Waals surface area contributed by atoms with Gasteiger partial charge in [0, 0.05) is 5.56 Å². The summed E-state index contributed by atoms with van der Waals surface area (Å²) in [6.45, 7) is 3.75. The number of rotatable bonds is 3. The van der Waals surface area contributed by atoms with E-state index in [9.17, 15) is 9.59 Å². The van der Waals surface area contributed by atoms with Crippen LogP contribution in [0, 0.1) is 13.8 Å². The Balaban J connectivity index is 2.88. The van der Waals surface area contributed by atoms with Crippen LogP contribution in [0.15, 0.2) is 18.2 Å². The van der Waals surface area contributed by atoms with Gasteiger partial charge in [0.15, 0.2) is 0 Å². The van der Waals surface area contributed by atoms with Crippen molar-refractivity contribution < 1.29 is 9.59 Å². The Morgan fingerprint density at radius 2 is 2.07 bits per heavy atom. The maximum Gasteiger partial charge on any atom is 0.269 e. The van der Waals surface area contributed by atoms with Crippen molar-refractivity contribution in [1.29, 1.82) is 0 Å². The lowest BCUT2D eigenvalue weighted by Crippen LogP contribution is -2.36. The number of aryl methyl sites for hydroxylation is 2. The van der Waals surface area contributed by atoms with Crippen LogP contribution in [0.2, 0.25) is 0 Å². The Morgan fingerprint density at radius 1 is 1.36 bits per heavy atom. The molecule has 0 aliphatic heterocycles. The molecular weight excluding hydrogens is 180 g/mol. The molecule has 0 radical (unpaired) electrons. The van der Waals surface area contributed by atoms with Gasteiger partial charge in [-0.1, -0.05) is 17.7 Å². The Morgan fingerprint density at radius 3 is 2.71 bits per heavy atom. The zero-order valence-electron chi connectivity index (χ0n) is 8.13. The van der Waals surface area contributed by atoms with E-state index < -0.39 is 0 Å². The number of hydrazine groups is 1. The van der Waals surface area contributed by atoms with Gasteiger partial charge in [0.1, 0.15) is 0 Å². The van der Waals surface area contributed by atoms with Crippen LogP contribution in [0.3, 0.4) is 0 Å². The Bertz CT molecular complexity index is 361. The van der Waals surface area contributed by atoms with Crippen molar-refractivity contribution in [2.45, 2.75) is 13.8 Å². The molecule has 1 aromatic rings. The molecule has 0 aliphatic carbocycles. The lowest BCUT2D eigenvalue weighted by Gasteiger charge is -2.06. The molecule has 4 nitrogen and oxygen atoms in total. The first-order valence-electron chi connectivity index (χ1n) is 4.22. The van der Waals surface area contributed by atoms with Crippen LogP contribution < -0.4 is 10.9 Å². The van der Waals surface area contributed by atoms with Crippen molar-refractivity contribution in [3.63, 3.8) is 0 Å². The van der Waals surface area contributed by atoms with Gasteiger partial charge in [0.25, 0.3) is 5.91 Å². The molecule has 0 atom stereocenters. The number of benzene rings is 1. The van der Waals surface area contributed by atoms with E-state index in [1.807, 2.05) is 26.0 Å². The van der Waals surface area contributed by atoms with Crippen molar-refractivity contribution >= 4 is 12.3 Å². The molecule has 0 fully saturated rings. The summed E-state index contributed by atoms with van der Waals surface area (Å²) in [7, 11) is 0. The molecule has 0 heterocycles. The average Bonchev–Trinajstić information content (AvgIpc) is 2.18. The quantitative estimate of drug-likeness (QED) is 0.547. The van der Waals surface area contributed by atoms with Gasteiger partial charge in [-0.15, -0.1) is 0 Å². The van der Waals surface area contributed by atoms with Crippen molar-refractivity contribution in [3.8, 4) is 0 Å². The predicted molar refractivity (Wildman–Crippen MR) is 52.6 cm³/mol. The molecule has 4 heteroatoms. The first kappa shape index (κ1) is 10.2. The summed E-state index contributed by atoms with van der Waals surface area (Å²) in [4.78, 5) is 21.4. The second-order valence-electron chi connectivity index (χ2n) is 3.03.